The maximum atomic E-state index is 5.69. The molecule has 0 aliphatic rings. The summed E-state index contributed by atoms with van der Waals surface area (Å²) in [5.41, 5.74) is 7.77. The SMILES string of the molecule is CCCOc1ccc2c(c1)nc(CN)n2CC. The molecule has 0 saturated carbocycles. The molecule has 0 aliphatic carbocycles. The third-order valence-electron chi connectivity index (χ3n) is 2.77. The van der Waals surface area contributed by atoms with Gasteiger partial charge in [0.1, 0.15) is 11.6 Å². The zero-order valence-corrected chi connectivity index (χ0v) is 10.4. The fraction of sp³-hybridized carbons (Fsp3) is 0.462. The van der Waals surface area contributed by atoms with Gasteiger partial charge in [0, 0.05) is 12.6 Å². The second-order valence-corrected chi connectivity index (χ2v) is 3.98. The minimum atomic E-state index is 0.466. The van der Waals surface area contributed by atoms with Crippen LogP contribution in [0.15, 0.2) is 18.2 Å². The summed E-state index contributed by atoms with van der Waals surface area (Å²) in [6.45, 7) is 6.29. The molecule has 0 radical (unpaired) electrons. The zero-order valence-electron chi connectivity index (χ0n) is 10.4. The van der Waals surface area contributed by atoms with Crippen molar-refractivity contribution in [3.05, 3.63) is 24.0 Å². The highest BCUT2D eigenvalue weighted by Gasteiger charge is 2.08. The van der Waals surface area contributed by atoms with Crippen molar-refractivity contribution in [3.8, 4) is 5.75 Å². The molecule has 17 heavy (non-hydrogen) atoms. The average molecular weight is 233 g/mol. The monoisotopic (exact) mass is 233 g/mol. The molecule has 2 aromatic rings. The molecule has 1 heterocycles. The molecule has 0 saturated heterocycles. The molecule has 2 rings (SSSR count). The van der Waals surface area contributed by atoms with E-state index in [1.807, 2.05) is 12.1 Å². The zero-order chi connectivity index (χ0) is 12.3. The summed E-state index contributed by atoms with van der Waals surface area (Å²) in [6, 6.07) is 6.03. The third-order valence-corrected chi connectivity index (χ3v) is 2.77. The van der Waals surface area contributed by atoms with E-state index in [1.54, 1.807) is 0 Å². The van der Waals surface area contributed by atoms with Crippen molar-refractivity contribution in [1.82, 2.24) is 9.55 Å². The number of imidazole rings is 1. The Hall–Kier alpha value is -1.55. The van der Waals surface area contributed by atoms with E-state index in [0.29, 0.717) is 6.54 Å². The maximum Gasteiger partial charge on any atom is 0.123 e. The lowest BCUT2D eigenvalue weighted by Crippen LogP contribution is -2.06. The van der Waals surface area contributed by atoms with Crippen LogP contribution in [0.5, 0.6) is 5.75 Å². The third kappa shape index (κ3) is 2.26. The van der Waals surface area contributed by atoms with Crippen molar-refractivity contribution in [1.29, 1.82) is 0 Å². The average Bonchev–Trinajstić information content (AvgIpc) is 2.72. The van der Waals surface area contributed by atoms with Crippen LogP contribution in [0.2, 0.25) is 0 Å². The van der Waals surface area contributed by atoms with Crippen LogP contribution in [0.4, 0.5) is 0 Å². The number of ether oxygens (including phenoxy) is 1. The lowest BCUT2D eigenvalue weighted by molar-refractivity contribution is 0.318. The van der Waals surface area contributed by atoms with Gasteiger partial charge in [0.15, 0.2) is 0 Å². The van der Waals surface area contributed by atoms with Crippen molar-refractivity contribution >= 4 is 11.0 Å². The van der Waals surface area contributed by atoms with E-state index < -0.39 is 0 Å². The molecule has 2 N–H and O–H groups in total. The molecular weight excluding hydrogens is 214 g/mol. The number of benzene rings is 1. The van der Waals surface area contributed by atoms with Gasteiger partial charge in [-0.05, 0) is 25.5 Å². The van der Waals surface area contributed by atoms with Gasteiger partial charge in [-0.1, -0.05) is 6.92 Å². The van der Waals surface area contributed by atoms with Crippen LogP contribution in [-0.2, 0) is 13.1 Å². The van der Waals surface area contributed by atoms with Crippen LogP contribution in [0, 0.1) is 0 Å². The number of nitrogens with zero attached hydrogens (tertiary/aromatic N) is 2. The van der Waals surface area contributed by atoms with E-state index in [9.17, 15) is 0 Å². The van der Waals surface area contributed by atoms with Gasteiger partial charge < -0.3 is 15.0 Å². The fourth-order valence-corrected chi connectivity index (χ4v) is 1.98. The van der Waals surface area contributed by atoms with E-state index in [0.717, 1.165) is 42.2 Å². The van der Waals surface area contributed by atoms with E-state index in [1.165, 1.54) is 0 Å². The van der Waals surface area contributed by atoms with Crippen molar-refractivity contribution in [2.75, 3.05) is 6.61 Å². The summed E-state index contributed by atoms with van der Waals surface area (Å²) >= 11 is 0. The van der Waals surface area contributed by atoms with Crippen molar-refractivity contribution < 1.29 is 4.74 Å². The molecule has 1 aromatic carbocycles. The number of nitrogens with two attached hydrogens (primary N) is 1. The van der Waals surface area contributed by atoms with Gasteiger partial charge in [0.05, 0.1) is 24.2 Å². The molecule has 0 aliphatic heterocycles. The molecule has 0 unspecified atom stereocenters. The standard InChI is InChI=1S/C13H19N3O/c1-3-7-17-10-5-6-12-11(8-10)15-13(9-14)16(12)4-2/h5-6,8H,3-4,7,9,14H2,1-2H3. The van der Waals surface area contributed by atoms with Crippen molar-refractivity contribution in [3.63, 3.8) is 0 Å². The second kappa shape index (κ2) is 5.19. The molecule has 4 nitrogen and oxygen atoms in total. The number of rotatable bonds is 5. The van der Waals surface area contributed by atoms with E-state index in [4.69, 9.17) is 10.5 Å². The first-order valence-electron chi connectivity index (χ1n) is 6.12. The molecule has 92 valence electrons. The number of aryl methyl sites for hydroxylation is 1. The van der Waals surface area contributed by atoms with Crippen LogP contribution in [0.25, 0.3) is 11.0 Å². The maximum absolute atomic E-state index is 5.69. The molecule has 0 amide bonds. The summed E-state index contributed by atoms with van der Waals surface area (Å²) < 4.78 is 7.74. The lowest BCUT2D eigenvalue weighted by atomic mass is 10.3. The minimum Gasteiger partial charge on any atom is -0.494 e. The summed E-state index contributed by atoms with van der Waals surface area (Å²) in [5.74, 6) is 1.80. The van der Waals surface area contributed by atoms with Gasteiger partial charge in [0.2, 0.25) is 0 Å². The van der Waals surface area contributed by atoms with Crippen LogP contribution >= 0.6 is 0 Å². The quantitative estimate of drug-likeness (QED) is 0.862. The highest BCUT2D eigenvalue weighted by atomic mass is 16.5. The Labute approximate surface area is 101 Å². The number of hydrogen-bond acceptors (Lipinski definition) is 3. The summed E-state index contributed by atoms with van der Waals surface area (Å²) in [7, 11) is 0. The highest BCUT2D eigenvalue weighted by molar-refractivity contribution is 5.77. The number of aromatic nitrogens is 2. The fourth-order valence-electron chi connectivity index (χ4n) is 1.98. The molecule has 0 bridgehead atoms. The van der Waals surface area contributed by atoms with Gasteiger partial charge in [-0.2, -0.15) is 0 Å². The number of hydrogen-bond donors (Lipinski definition) is 1. The van der Waals surface area contributed by atoms with Crippen LogP contribution in [0.3, 0.4) is 0 Å². The Bertz CT molecular complexity index is 505. The molecule has 4 heteroatoms. The summed E-state index contributed by atoms with van der Waals surface area (Å²) in [4.78, 5) is 4.53. The first-order valence-corrected chi connectivity index (χ1v) is 6.12. The van der Waals surface area contributed by atoms with Gasteiger partial charge in [-0.3, -0.25) is 0 Å². The van der Waals surface area contributed by atoms with E-state index in [2.05, 4.69) is 29.5 Å². The Morgan fingerprint density at radius 3 is 2.82 bits per heavy atom. The van der Waals surface area contributed by atoms with Crippen molar-refractivity contribution in [2.24, 2.45) is 5.73 Å². The minimum absolute atomic E-state index is 0.466. The molecule has 0 fully saturated rings. The van der Waals surface area contributed by atoms with Gasteiger partial charge in [-0.25, -0.2) is 4.98 Å². The predicted molar refractivity (Wildman–Crippen MR) is 69.1 cm³/mol. The van der Waals surface area contributed by atoms with Gasteiger partial charge >= 0.3 is 0 Å². The number of fused-ring (bicyclic) bond motifs is 1. The molecule has 1 aromatic heterocycles. The van der Waals surface area contributed by atoms with E-state index >= 15 is 0 Å². The largest absolute Gasteiger partial charge is 0.494 e. The Morgan fingerprint density at radius 1 is 1.35 bits per heavy atom. The lowest BCUT2D eigenvalue weighted by Gasteiger charge is -2.05. The Balaban J connectivity index is 2.41. The van der Waals surface area contributed by atoms with Crippen LogP contribution in [0.1, 0.15) is 26.1 Å². The Kier molecular flexibility index (Phi) is 3.64. The topological polar surface area (TPSA) is 53.1 Å². The van der Waals surface area contributed by atoms with Crippen molar-refractivity contribution in [2.45, 2.75) is 33.4 Å². The second-order valence-electron chi connectivity index (χ2n) is 3.98. The highest BCUT2D eigenvalue weighted by Crippen LogP contribution is 2.22. The summed E-state index contributed by atoms with van der Waals surface area (Å²) in [6.07, 6.45) is 1.01. The Morgan fingerprint density at radius 2 is 2.18 bits per heavy atom. The van der Waals surface area contributed by atoms with Crippen LogP contribution < -0.4 is 10.5 Å². The predicted octanol–water partition coefficient (Wildman–Crippen LogP) is 2.30. The first-order chi connectivity index (χ1) is 8.30. The molecule has 0 spiro atoms. The first kappa shape index (κ1) is 11.9. The molecular formula is C13H19N3O. The van der Waals surface area contributed by atoms with Gasteiger partial charge in [-0.15, -0.1) is 0 Å². The van der Waals surface area contributed by atoms with Crippen LogP contribution in [-0.4, -0.2) is 16.2 Å². The summed E-state index contributed by atoms with van der Waals surface area (Å²) in [5, 5.41) is 0. The smallest absolute Gasteiger partial charge is 0.123 e. The van der Waals surface area contributed by atoms with E-state index in [-0.39, 0.29) is 0 Å². The normalized spacial score (nSPS) is 11.0. The van der Waals surface area contributed by atoms with Gasteiger partial charge in [0.25, 0.3) is 0 Å². The molecule has 0 atom stereocenters.